The van der Waals surface area contributed by atoms with Gasteiger partial charge in [0.15, 0.2) is 5.78 Å². The highest BCUT2D eigenvalue weighted by molar-refractivity contribution is 6.00. The van der Waals surface area contributed by atoms with Crippen LogP contribution in [0.25, 0.3) is 0 Å². The second-order valence-corrected chi connectivity index (χ2v) is 21.1. The zero-order chi connectivity index (χ0) is 38.6. The first kappa shape index (κ1) is 39.5. The Morgan fingerprint density at radius 2 is 1.52 bits per heavy atom. The quantitative estimate of drug-likeness (QED) is 0.205. The van der Waals surface area contributed by atoms with Crippen molar-refractivity contribution in [2.24, 2.45) is 79.6 Å². The Morgan fingerprint density at radius 3 is 2.12 bits per heavy atom. The molecule has 0 unspecified atom stereocenters. The summed E-state index contributed by atoms with van der Waals surface area (Å²) >= 11 is 0. The lowest BCUT2D eigenvalue weighted by atomic mass is 9.33. The van der Waals surface area contributed by atoms with Crippen LogP contribution in [0.3, 0.4) is 0 Å². The summed E-state index contributed by atoms with van der Waals surface area (Å²) in [7, 11) is 0. The van der Waals surface area contributed by atoms with E-state index in [-0.39, 0.29) is 62.8 Å². The molecule has 6 aliphatic rings. The number of carboxylic acid groups (broad SMARTS) is 1. The summed E-state index contributed by atoms with van der Waals surface area (Å²) in [5, 5.41) is 12.8. The van der Waals surface area contributed by atoms with Crippen LogP contribution in [0.15, 0.2) is 11.1 Å². The summed E-state index contributed by atoms with van der Waals surface area (Å²) in [5.41, 5.74) is 7.98. The van der Waals surface area contributed by atoms with Crippen LogP contribution >= 0.6 is 0 Å². The van der Waals surface area contributed by atoms with E-state index in [1.54, 1.807) is 0 Å². The Bertz CT molecular complexity index is 1530. The van der Waals surface area contributed by atoms with E-state index in [0.717, 1.165) is 63.4 Å². The Morgan fingerprint density at radius 1 is 0.846 bits per heavy atom. The Hall–Kier alpha value is -2.22. The van der Waals surface area contributed by atoms with Crippen molar-refractivity contribution < 1.29 is 29.0 Å². The number of amides is 1. The van der Waals surface area contributed by atoms with Gasteiger partial charge >= 0.3 is 11.9 Å². The van der Waals surface area contributed by atoms with Crippen LogP contribution in [-0.4, -0.2) is 47.4 Å². The first-order valence-electron chi connectivity index (χ1n) is 20.7. The Kier molecular flexibility index (Phi) is 9.82. The molecule has 0 aliphatic heterocycles. The largest absolute Gasteiger partial charge is 0.481 e. The molecule has 11 atom stereocenters. The summed E-state index contributed by atoms with van der Waals surface area (Å²) in [6.07, 6.45) is 9.90. The lowest BCUT2D eigenvalue weighted by Gasteiger charge is -2.72. The number of Topliss-reactive ketones (excluding diaryl/α,β-unsaturated/α-hetero) is 1. The fourth-order valence-electron chi connectivity index (χ4n) is 14.0. The molecule has 1 amide bonds. The maximum Gasteiger partial charge on any atom is 0.309 e. The molecule has 0 aromatic heterocycles. The highest BCUT2D eigenvalue weighted by atomic mass is 16.5. The number of nitrogens with two attached hydrogens (primary N) is 1. The number of carbonyl (C=O) groups is 4. The van der Waals surface area contributed by atoms with Crippen molar-refractivity contribution in [1.82, 2.24) is 5.32 Å². The van der Waals surface area contributed by atoms with Crippen molar-refractivity contribution in [2.45, 2.75) is 159 Å². The number of fused-ring (bicyclic) bond motifs is 7. The van der Waals surface area contributed by atoms with Gasteiger partial charge in [-0.05, 0) is 121 Å². The van der Waals surface area contributed by atoms with Gasteiger partial charge in [-0.25, -0.2) is 0 Å². The van der Waals surface area contributed by atoms with E-state index in [0.29, 0.717) is 42.9 Å². The third-order valence-electron chi connectivity index (χ3n) is 17.5. The van der Waals surface area contributed by atoms with Crippen molar-refractivity contribution in [3.8, 4) is 0 Å². The van der Waals surface area contributed by atoms with E-state index >= 15 is 0 Å². The van der Waals surface area contributed by atoms with Crippen molar-refractivity contribution in [3.63, 3.8) is 0 Å². The number of hydrogen-bond acceptors (Lipinski definition) is 6. The second kappa shape index (κ2) is 12.9. The number of carboxylic acids is 1. The van der Waals surface area contributed by atoms with Crippen molar-refractivity contribution in [2.75, 3.05) is 6.54 Å². The van der Waals surface area contributed by atoms with Gasteiger partial charge < -0.3 is 20.9 Å². The summed E-state index contributed by atoms with van der Waals surface area (Å²) in [5.74, 6) is -0.164. The number of hydrogen-bond donors (Lipinski definition) is 3. The van der Waals surface area contributed by atoms with Crippen molar-refractivity contribution in [3.05, 3.63) is 11.1 Å². The standard InChI is InChI=1S/C44H70N2O6/c1-24(2)33-29(47)23-44(20-21-46-36(48)35(45)25(3)4)19-18-42(10)26(34(33)44)12-13-31-41(9)16-15-32(40(7,8)30(41)14-17-43(31,42)11)52-38(51)28-22-27(37(49)50)39(28,5)6/h24-28,30-32,35H,12-23,45H2,1-11H3,(H,46,48)(H,49,50)/t26-,27+,28-,30+,31-,32+,35+,41+,42-,43-,44-/m1/s1. The molecule has 0 bridgehead atoms. The number of allylic oxidation sites excluding steroid dienone is 2. The Labute approximate surface area is 313 Å². The molecule has 0 saturated heterocycles. The average molecular weight is 723 g/mol. The number of ether oxygens (including phenoxy) is 1. The fourth-order valence-corrected chi connectivity index (χ4v) is 14.0. The number of rotatable bonds is 9. The number of aliphatic carboxylic acids is 1. The summed E-state index contributed by atoms with van der Waals surface area (Å²) in [6.45, 7) is 25.0. The molecule has 0 spiro atoms. The van der Waals surface area contributed by atoms with Gasteiger partial charge in [-0.1, -0.05) is 81.7 Å². The van der Waals surface area contributed by atoms with Crippen LogP contribution < -0.4 is 11.1 Å². The van der Waals surface area contributed by atoms with Crippen LogP contribution in [0.2, 0.25) is 0 Å². The zero-order valence-electron chi connectivity index (χ0n) is 34.2. The molecule has 5 fully saturated rings. The van der Waals surface area contributed by atoms with Crippen LogP contribution in [0.1, 0.15) is 147 Å². The molecule has 52 heavy (non-hydrogen) atoms. The van der Waals surface area contributed by atoms with Gasteiger partial charge in [0, 0.05) is 23.8 Å². The minimum Gasteiger partial charge on any atom is -0.481 e. The predicted molar refractivity (Wildman–Crippen MR) is 203 cm³/mol. The highest BCUT2D eigenvalue weighted by Crippen LogP contribution is 2.77. The molecule has 5 saturated carbocycles. The monoisotopic (exact) mass is 723 g/mol. The van der Waals surface area contributed by atoms with E-state index in [1.807, 2.05) is 27.7 Å². The minimum atomic E-state index is -0.827. The highest BCUT2D eigenvalue weighted by Gasteiger charge is 2.70. The van der Waals surface area contributed by atoms with Gasteiger partial charge in [-0.3, -0.25) is 19.2 Å². The minimum absolute atomic E-state index is 0.0562. The first-order chi connectivity index (χ1) is 24.0. The van der Waals surface area contributed by atoms with E-state index < -0.39 is 23.3 Å². The first-order valence-corrected chi connectivity index (χ1v) is 20.7. The molecule has 4 N–H and O–H groups in total. The summed E-state index contributed by atoms with van der Waals surface area (Å²) in [4.78, 5) is 52.1. The van der Waals surface area contributed by atoms with Crippen molar-refractivity contribution >= 4 is 23.6 Å². The van der Waals surface area contributed by atoms with Gasteiger partial charge in [0.1, 0.15) is 6.10 Å². The number of esters is 1. The summed E-state index contributed by atoms with van der Waals surface area (Å²) < 4.78 is 6.41. The third kappa shape index (κ3) is 5.59. The smallest absolute Gasteiger partial charge is 0.309 e. The molecular formula is C44H70N2O6. The average Bonchev–Trinajstić information content (AvgIpc) is 3.33. The van der Waals surface area contributed by atoms with Gasteiger partial charge in [0.05, 0.1) is 17.9 Å². The lowest BCUT2D eigenvalue weighted by Crippen LogP contribution is -2.66. The molecule has 6 aliphatic carbocycles. The molecule has 8 heteroatoms. The Balaban J connectivity index is 1.24. The molecule has 292 valence electrons. The van der Waals surface area contributed by atoms with Crippen LogP contribution in [0, 0.1) is 73.9 Å². The van der Waals surface area contributed by atoms with Gasteiger partial charge in [0.2, 0.25) is 5.91 Å². The van der Waals surface area contributed by atoms with E-state index in [4.69, 9.17) is 10.5 Å². The summed E-state index contributed by atoms with van der Waals surface area (Å²) in [6, 6.07) is -0.529. The third-order valence-corrected chi connectivity index (χ3v) is 17.5. The number of nitrogens with one attached hydrogen (secondary N) is 1. The van der Waals surface area contributed by atoms with Crippen LogP contribution in [-0.2, 0) is 23.9 Å². The molecule has 0 radical (unpaired) electrons. The maximum atomic E-state index is 14.0. The van der Waals surface area contributed by atoms with E-state index in [2.05, 4.69) is 53.8 Å². The fraction of sp³-hybridized carbons (Fsp3) is 0.864. The molecule has 0 aromatic rings. The normalized spacial score (nSPS) is 42.4. The van der Waals surface area contributed by atoms with Gasteiger partial charge in [-0.2, -0.15) is 0 Å². The SMILES string of the molecule is CC(C)C1=C2[C@H]3CC[C@@H]4[C@@]5(C)CC[C@H](OC(=O)[C@H]6C[C@@H](C(=O)O)C6(C)C)C(C)(C)[C@@H]5CC[C@@]4(C)[C@]3(C)CC[C@@]2(CCNC(=O)[C@@H](N)C(C)C)CC1=O. The van der Waals surface area contributed by atoms with Gasteiger partial charge in [0.25, 0.3) is 0 Å². The predicted octanol–water partition coefficient (Wildman–Crippen LogP) is 8.12. The van der Waals surface area contributed by atoms with Gasteiger partial charge in [-0.15, -0.1) is 0 Å². The van der Waals surface area contributed by atoms with Crippen molar-refractivity contribution in [1.29, 1.82) is 0 Å². The van der Waals surface area contributed by atoms with E-state index in [9.17, 15) is 24.3 Å². The molecule has 8 nitrogen and oxygen atoms in total. The van der Waals surface area contributed by atoms with Crippen LogP contribution in [0.4, 0.5) is 0 Å². The topological polar surface area (TPSA) is 136 Å². The molecule has 0 heterocycles. The molecule has 6 rings (SSSR count). The lowest BCUT2D eigenvalue weighted by molar-refractivity contribution is -0.236. The number of ketones is 1. The van der Waals surface area contributed by atoms with E-state index in [1.165, 1.54) is 5.57 Å². The second-order valence-electron chi connectivity index (χ2n) is 21.1. The number of carbonyl (C=O) groups excluding carboxylic acids is 3. The molecular weight excluding hydrogens is 652 g/mol. The zero-order valence-corrected chi connectivity index (χ0v) is 34.2. The molecule has 0 aromatic carbocycles. The van der Waals surface area contributed by atoms with Crippen LogP contribution in [0.5, 0.6) is 0 Å². The maximum absolute atomic E-state index is 14.0.